The van der Waals surface area contributed by atoms with Crippen molar-refractivity contribution >= 4 is 22.9 Å². The van der Waals surface area contributed by atoms with E-state index in [9.17, 15) is 4.79 Å². The number of nitrogens with one attached hydrogen (secondary N) is 1. The molecule has 196 valence electrons. The van der Waals surface area contributed by atoms with E-state index < -0.39 is 0 Å². The predicted molar refractivity (Wildman–Crippen MR) is 156 cm³/mol. The number of benzene rings is 3. The van der Waals surface area contributed by atoms with E-state index in [0.29, 0.717) is 6.42 Å². The minimum absolute atomic E-state index is 0.0507. The number of aromatic amines is 1. The third-order valence-electron chi connectivity index (χ3n) is 7.66. The maximum Gasteiger partial charge on any atom is 0.223 e. The molecule has 0 saturated carbocycles. The summed E-state index contributed by atoms with van der Waals surface area (Å²) in [6.45, 7) is 6.38. The lowest BCUT2D eigenvalue weighted by molar-refractivity contribution is -0.133. The summed E-state index contributed by atoms with van der Waals surface area (Å²) >= 11 is 0. The van der Waals surface area contributed by atoms with Crippen LogP contribution in [0.15, 0.2) is 85.1 Å². The minimum Gasteiger partial charge on any atom is -0.497 e. The second-order valence-corrected chi connectivity index (χ2v) is 9.97. The molecule has 5 rings (SSSR count). The first-order valence-corrected chi connectivity index (χ1v) is 13.6. The van der Waals surface area contributed by atoms with Crippen LogP contribution in [0.5, 0.6) is 5.75 Å². The highest BCUT2D eigenvalue weighted by atomic mass is 16.5. The summed E-state index contributed by atoms with van der Waals surface area (Å²) in [4.78, 5) is 21.6. The highest BCUT2D eigenvalue weighted by Crippen LogP contribution is 2.36. The van der Waals surface area contributed by atoms with Crippen molar-refractivity contribution in [3.63, 3.8) is 0 Å². The van der Waals surface area contributed by atoms with Crippen molar-refractivity contribution in [3.8, 4) is 5.75 Å². The van der Waals surface area contributed by atoms with Crippen molar-refractivity contribution in [2.45, 2.75) is 25.7 Å². The number of carbonyl (C=O) groups is 1. The van der Waals surface area contributed by atoms with Crippen LogP contribution in [0.4, 0.5) is 0 Å². The lowest BCUT2D eigenvalue weighted by atomic mass is 9.87. The molecule has 1 aromatic heterocycles. The fourth-order valence-electron chi connectivity index (χ4n) is 5.47. The van der Waals surface area contributed by atoms with E-state index in [2.05, 4.69) is 89.8 Å². The SMILES string of the molecule is CCc1cccc2c(C(CC(=O)N3CCN(C/C=C/c4ccccc4)CC3)c3cccc(OC)c3)c[nH]c12. The summed E-state index contributed by atoms with van der Waals surface area (Å²) in [6, 6.07) is 25.0. The van der Waals surface area contributed by atoms with Crippen LogP contribution in [-0.2, 0) is 11.2 Å². The number of hydrogen-bond acceptors (Lipinski definition) is 3. The molecule has 5 nitrogen and oxygen atoms in total. The van der Waals surface area contributed by atoms with Gasteiger partial charge in [-0.1, -0.05) is 79.7 Å². The number of para-hydroxylation sites is 1. The number of hydrogen-bond donors (Lipinski definition) is 1. The number of fused-ring (bicyclic) bond motifs is 1. The molecule has 1 unspecified atom stereocenters. The standard InChI is InChI=1S/C33H37N3O2/c1-3-26-13-8-16-29-31(24-34-33(26)29)30(27-14-7-15-28(22-27)38-2)23-32(37)36-20-18-35(19-21-36)17-9-12-25-10-5-4-6-11-25/h4-16,22,24,30,34H,3,17-21,23H2,1-2H3/b12-9+. The first-order valence-electron chi connectivity index (χ1n) is 13.6. The summed E-state index contributed by atoms with van der Waals surface area (Å²) in [5.41, 5.74) is 5.95. The molecular weight excluding hydrogens is 470 g/mol. The van der Waals surface area contributed by atoms with Gasteiger partial charge in [0.05, 0.1) is 7.11 Å². The van der Waals surface area contributed by atoms with Gasteiger partial charge in [0.1, 0.15) is 5.75 Å². The number of nitrogens with zero attached hydrogens (tertiary/aromatic N) is 2. The number of carbonyl (C=O) groups excluding carboxylic acids is 1. The molecule has 1 aliphatic heterocycles. The van der Waals surface area contributed by atoms with Gasteiger partial charge in [0, 0.05) is 62.2 Å². The molecule has 0 spiro atoms. The Morgan fingerprint density at radius 1 is 1.00 bits per heavy atom. The lowest BCUT2D eigenvalue weighted by Crippen LogP contribution is -2.48. The van der Waals surface area contributed by atoms with E-state index in [-0.39, 0.29) is 11.8 Å². The Labute approximate surface area is 225 Å². The van der Waals surface area contributed by atoms with E-state index in [1.165, 1.54) is 27.6 Å². The first kappa shape index (κ1) is 25.8. The predicted octanol–water partition coefficient (Wildman–Crippen LogP) is 6.12. The van der Waals surface area contributed by atoms with Gasteiger partial charge < -0.3 is 14.6 Å². The average molecular weight is 508 g/mol. The van der Waals surface area contributed by atoms with E-state index in [4.69, 9.17) is 4.74 Å². The van der Waals surface area contributed by atoms with Crippen molar-refractivity contribution in [2.75, 3.05) is 39.8 Å². The highest BCUT2D eigenvalue weighted by molar-refractivity contribution is 5.88. The molecular formula is C33H37N3O2. The smallest absolute Gasteiger partial charge is 0.223 e. The van der Waals surface area contributed by atoms with Crippen LogP contribution in [0.2, 0.25) is 0 Å². The van der Waals surface area contributed by atoms with Crippen LogP contribution in [0.3, 0.4) is 0 Å². The number of rotatable bonds is 9. The normalized spacial score (nSPS) is 15.3. The Hall–Kier alpha value is -3.83. The van der Waals surface area contributed by atoms with Crippen LogP contribution in [0, 0.1) is 0 Å². The van der Waals surface area contributed by atoms with Crippen molar-refractivity contribution in [2.24, 2.45) is 0 Å². The zero-order valence-electron chi connectivity index (χ0n) is 22.4. The molecule has 1 saturated heterocycles. The quantitative estimate of drug-likeness (QED) is 0.297. The molecule has 1 fully saturated rings. The molecule has 1 amide bonds. The number of aryl methyl sites for hydroxylation is 1. The number of H-pyrrole nitrogens is 1. The summed E-state index contributed by atoms with van der Waals surface area (Å²) in [6.07, 6.45) is 7.88. The van der Waals surface area contributed by atoms with Gasteiger partial charge in [-0.25, -0.2) is 0 Å². The first-order chi connectivity index (χ1) is 18.7. The van der Waals surface area contributed by atoms with Crippen LogP contribution < -0.4 is 4.74 Å². The van der Waals surface area contributed by atoms with Crippen LogP contribution in [0.25, 0.3) is 17.0 Å². The number of piperazine rings is 1. The van der Waals surface area contributed by atoms with E-state index in [0.717, 1.165) is 50.5 Å². The summed E-state index contributed by atoms with van der Waals surface area (Å²) < 4.78 is 5.53. The Morgan fingerprint density at radius 2 is 1.79 bits per heavy atom. The second kappa shape index (κ2) is 12.1. The molecule has 2 heterocycles. The topological polar surface area (TPSA) is 48.6 Å². The van der Waals surface area contributed by atoms with Crippen molar-refractivity contribution in [3.05, 3.63) is 107 Å². The van der Waals surface area contributed by atoms with Crippen molar-refractivity contribution in [1.82, 2.24) is 14.8 Å². The van der Waals surface area contributed by atoms with Gasteiger partial charge >= 0.3 is 0 Å². The monoisotopic (exact) mass is 507 g/mol. The Morgan fingerprint density at radius 3 is 2.55 bits per heavy atom. The molecule has 1 aliphatic rings. The number of ether oxygens (including phenoxy) is 1. The third kappa shape index (κ3) is 5.84. The zero-order valence-corrected chi connectivity index (χ0v) is 22.4. The molecule has 1 atom stereocenters. The van der Waals surface area contributed by atoms with Crippen LogP contribution >= 0.6 is 0 Å². The molecule has 4 aromatic rings. The fraction of sp³-hybridized carbons (Fsp3) is 0.303. The third-order valence-corrected chi connectivity index (χ3v) is 7.66. The molecule has 0 bridgehead atoms. The highest BCUT2D eigenvalue weighted by Gasteiger charge is 2.27. The van der Waals surface area contributed by atoms with Gasteiger partial charge in [-0.15, -0.1) is 0 Å². The average Bonchev–Trinajstić information content (AvgIpc) is 3.41. The Kier molecular flexibility index (Phi) is 8.25. The molecule has 38 heavy (non-hydrogen) atoms. The summed E-state index contributed by atoms with van der Waals surface area (Å²) in [5, 5.41) is 1.19. The largest absolute Gasteiger partial charge is 0.497 e. The Bertz CT molecular complexity index is 1380. The van der Waals surface area contributed by atoms with Crippen molar-refractivity contribution < 1.29 is 9.53 Å². The Balaban J connectivity index is 1.30. The van der Waals surface area contributed by atoms with E-state index in [1.54, 1.807) is 7.11 Å². The van der Waals surface area contributed by atoms with Crippen molar-refractivity contribution in [1.29, 1.82) is 0 Å². The van der Waals surface area contributed by atoms with Gasteiger partial charge in [-0.3, -0.25) is 9.69 Å². The molecule has 0 aliphatic carbocycles. The number of aromatic nitrogens is 1. The summed E-state index contributed by atoms with van der Waals surface area (Å²) in [5.74, 6) is 0.967. The fourth-order valence-corrected chi connectivity index (χ4v) is 5.47. The minimum atomic E-state index is -0.0507. The molecule has 1 N–H and O–H groups in total. The van der Waals surface area contributed by atoms with Crippen LogP contribution in [-0.4, -0.2) is 60.5 Å². The van der Waals surface area contributed by atoms with Crippen LogP contribution in [0.1, 0.15) is 41.5 Å². The van der Waals surface area contributed by atoms with E-state index in [1.807, 2.05) is 23.1 Å². The molecule has 0 radical (unpaired) electrons. The van der Waals surface area contributed by atoms with Gasteiger partial charge in [-0.2, -0.15) is 0 Å². The van der Waals surface area contributed by atoms with Gasteiger partial charge in [-0.05, 0) is 40.8 Å². The van der Waals surface area contributed by atoms with Gasteiger partial charge in [0.25, 0.3) is 0 Å². The lowest BCUT2D eigenvalue weighted by Gasteiger charge is -2.35. The number of amides is 1. The summed E-state index contributed by atoms with van der Waals surface area (Å²) in [7, 11) is 1.69. The maximum atomic E-state index is 13.6. The second-order valence-electron chi connectivity index (χ2n) is 9.97. The zero-order chi connectivity index (χ0) is 26.3. The molecule has 3 aromatic carbocycles. The van der Waals surface area contributed by atoms with E-state index >= 15 is 0 Å². The molecule has 5 heteroatoms. The maximum absolute atomic E-state index is 13.6. The van der Waals surface area contributed by atoms with Gasteiger partial charge in [0.15, 0.2) is 0 Å². The van der Waals surface area contributed by atoms with Gasteiger partial charge in [0.2, 0.25) is 5.91 Å². The number of methoxy groups -OCH3 is 1.